The highest BCUT2D eigenvalue weighted by Crippen LogP contribution is 2.34. The van der Waals surface area contributed by atoms with E-state index in [0.717, 1.165) is 12.8 Å². The first-order valence-electron chi connectivity index (χ1n) is 6.96. The molecule has 2 bridgehead atoms. The largest absolute Gasteiger partial charge is 0.497 e. The van der Waals surface area contributed by atoms with Gasteiger partial charge in [0.15, 0.2) is 0 Å². The third-order valence-corrected chi connectivity index (χ3v) is 6.16. The van der Waals surface area contributed by atoms with Gasteiger partial charge in [-0.15, -0.1) is 0 Å². The van der Waals surface area contributed by atoms with E-state index >= 15 is 0 Å². The van der Waals surface area contributed by atoms with E-state index in [-0.39, 0.29) is 29.3 Å². The second-order valence-corrected chi connectivity index (χ2v) is 7.25. The second-order valence-electron chi connectivity index (χ2n) is 5.40. The molecule has 7 heteroatoms. The van der Waals surface area contributed by atoms with Crippen LogP contribution in [0.15, 0.2) is 29.2 Å². The average Bonchev–Trinajstić information content (AvgIpc) is 2.79. The minimum absolute atomic E-state index is 0.0721. The maximum Gasteiger partial charge on any atom is 0.243 e. The van der Waals surface area contributed by atoms with E-state index in [1.165, 1.54) is 11.4 Å². The van der Waals surface area contributed by atoms with Crippen LogP contribution in [0, 0.1) is 0 Å². The van der Waals surface area contributed by atoms with E-state index in [2.05, 4.69) is 5.32 Å². The summed E-state index contributed by atoms with van der Waals surface area (Å²) in [6, 6.07) is 5.99. The highest BCUT2D eigenvalue weighted by atomic mass is 32.2. The van der Waals surface area contributed by atoms with Crippen molar-refractivity contribution in [1.82, 2.24) is 9.62 Å². The molecular weight excluding hydrogens is 292 g/mol. The van der Waals surface area contributed by atoms with Gasteiger partial charge in [-0.25, -0.2) is 8.42 Å². The van der Waals surface area contributed by atoms with Gasteiger partial charge in [0.1, 0.15) is 5.75 Å². The monoisotopic (exact) mass is 310 g/mol. The first kappa shape index (κ1) is 14.3. The van der Waals surface area contributed by atoms with Gasteiger partial charge < -0.3 is 10.1 Å². The van der Waals surface area contributed by atoms with Gasteiger partial charge in [-0.05, 0) is 37.1 Å². The minimum atomic E-state index is -3.58. The predicted molar refractivity (Wildman–Crippen MR) is 76.5 cm³/mol. The molecule has 0 aromatic heterocycles. The Bertz CT molecular complexity index is 641. The molecular formula is C14H18N2O4S. The topological polar surface area (TPSA) is 75.7 Å². The van der Waals surface area contributed by atoms with Crippen LogP contribution in [0.2, 0.25) is 0 Å². The quantitative estimate of drug-likeness (QED) is 0.893. The molecule has 0 saturated carbocycles. The molecule has 2 fully saturated rings. The molecule has 1 aromatic rings. The normalized spacial score (nSPS) is 26.2. The van der Waals surface area contributed by atoms with Gasteiger partial charge in [-0.2, -0.15) is 4.31 Å². The molecule has 21 heavy (non-hydrogen) atoms. The fourth-order valence-corrected chi connectivity index (χ4v) is 4.97. The lowest BCUT2D eigenvalue weighted by molar-refractivity contribution is -0.121. The number of carbonyl (C=O) groups excluding carboxylic acids is 1. The highest BCUT2D eigenvalue weighted by molar-refractivity contribution is 7.89. The van der Waals surface area contributed by atoms with Gasteiger partial charge in [0.05, 0.1) is 12.0 Å². The number of rotatable bonds is 3. The SMILES string of the molecule is COc1ccc(S(=O)(=O)N2C3CCC2CC(=O)NC3)cc1. The van der Waals surface area contributed by atoms with Gasteiger partial charge in [0.25, 0.3) is 0 Å². The summed E-state index contributed by atoms with van der Waals surface area (Å²) in [5.74, 6) is 0.543. The summed E-state index contributed by atoms with van der Waals surface area (Å²) in [7, 11) is -2.05. The van der Waals surface area contributed by atoms with Crippen molar-refractivity contribution >= 4 is 15.9 Å². The molecule has 2 saturated heterocycles. The van der Waals surface area contributed by atoms with Crippen molar-refractivity contribution < 1.29 is 17.9 Å². The van der Waals surface area contributed by atoms with Gasteiger partial charge in [0.2, 0.25) is 15.9 Å². The number of carbonyl (C=O) groups is 1. The smallest absolute Gasteiger partial charge is 0.243 e. The Hall–Kier alpha value is -1.60. The standard InChI is InChI=1S/C14H18N2O4S/c1-20-12-4-6-13(7-5-12)21(18,19)16-10-2-3-11(16)9-15-14(17)8-10/h4-7,10-11H,2-3,8-9H2,1H3,(H,15,17). The number of sulfonamides is 1. The highest BCUT2D eigenvalue weighted by Gasteiger charge is 2.44. The van der Waals surface area contributed by atoms with Gasteiger partial charge in [0, 0.05) is 25.0 Å². The van der Waals surface area contributed by atoms with E-state index in [1.54, 1.807) is 24.3 Å². The molecule has 2 aliphatic rings. The summed E-state index contributed by atoms with van der Waals surface area (Å²) in [5, 5.41) is 2.78. The van der Waals surface area contributed by atoms with Crippen molar-refractivity contribution in [3.05, 3.63) is 24.3 Å². The lowest BCUT2D eigenvalue weighted by Gasteiger charge is -2.26. The number of hydrogen-bond acceptors (Lipinski definition) is 4. The van der Waals surface area contributed by atoms with Crippen LogP contribution in [0.1, 0.15) is 19.3 Å². The van der Waals surface area contributed by atoms with Crippen LogP contribution in [-0.4, -0.2) is 44.4 Å². The number of hydrogen-bond donors (Lipinski definition) is 1. The molecule has 1 N–H and O–H groups in total. The maximum absolute atomic E-state index is 12.9. The third-order valence-electron chi connectivity index (χ3n) is 4.14. The fourth-order valence-electron chi connectivity index (χ4n) is 3.10. The van der Waals surface area contributed by atoms with E-state index in [0.29, 0.717) is 12.3 Å². The van der Waals surface area contributed by atoms with Gasteiger partial charge in [-0.3, -0.25) is 4.79 Å². The van der Waals surface area contributed by atoms with Crippen molar-refractivity contribution in [1.29, 1.82) is 0 Å². The number of nitrogens with one attached hydrogen (secondary N) is 1. The van der Waals surface area contributed by atoms with Crippen molar-refractivity contribution in [2.24, 2.45) is 0 Å². The molecule has 3 rings (SSSR count). The van der Waals surface area contributed by atoms with Crippen molar-refractivity contribution in [3.63, 3.8) is 0 Å². The second kappa shape index (κ2) is 5.31. The summed E-state index contributed by atoms with van der Waals surface area (Å²) in [4.78, 5) is 11.9. The maximum atomic E-state index is 12.9. The van der Waals surface area contributed by atoms with Crippen LogP contribution in [0.3, 0.4) is 0 Å². The molecule has 0 spiro atoms. The minimum Gasteiger partial charge on any atom is -0.497 e. The van der Waals surface area contributed by atoms with Gasteiger partial charge in [-0.1, -0.05) is 0 Å². The van der Waals surface area contributed by atoms with Crippen molar-refractivity contribution in [3.8, 4) is 5.75 Å². The number of amides is 1. The Morgan fingerprint density at radius 1 is 1.19 bits per heavy atom. The number of ether oxygens (including phenoxy) is 1. The first-order chi connectivity index (χ1) is 10.0. The van der Waals surface area contributed by atoms with Crippen LogP contribution in [-0.2, 0) is 14.8 Å². The first-order valence-corrected chi connectivity index (χ1v) is 8.40. The molecule has 1 amide bonds. The zero-order valence-electron chi connectivity index (χ0n) is 11.8. The predicted octanol–water partition coefficient (Wildman–Crippen LogP) is 0.737. The lowest BCUT2D eigenvalue weighted by Crippen LogP contribution is -2.42. The van der Waals surface area contributed by atoms with Crippen LogP contribution in [0.4, 0.5) is 0 Å². The lowest BCUT2D eigenvalue weighted by atomic mass is 10.1. The van der Waals surface area contributed by atoms with E-state index < -0.39 is 10.0 Å². The van der Waals surface area contributed by atoms with Crippen LogP contribution >= 0.6 is 0 Å². The van der Waals surface area contributed by atoms with Gasteiger partial charge >= 0.3 is 0 Å². The molecule has 2 unspecified atom stereocenters. The summed E-state index contributed by atoms with van der Waals surface area (Å²) in [5.41, 5.74) is 0. The van der Waals surface area contributed by atoms with Crippen molar-refractivity contribution in [2.75, 3.05) is 13.7 Å². The van der Waals surface area contributed by atoms with E-state index in [4.69, 9.17) is 4.74 Å². The zero-order chi connectivity index (χ0) is 15.0. The van der Waals surface area contributed by atoms with E-state index in [1.807, 2.05) is 0 Å². The Kier molecular flexibility index (Phi) is 3.62. The van der Waals surface area contributed by atoms with Crippen molar-refractivity contribution in [2.45, 2.75) is 36.2 Å². The summed E-state index contributed by atoms with van der Waals surface area (Å²) < 4.78 is 32.3. The number of nitrogens with zero attached hydrogens (tertiary/aromatic N) is 1. The molecule has 2 aliphatic heterocycles. The number of benzene rings is 1. The van der Waals surface area contributed by atoms with Crippen LogP contribution < -0.4 is 10.1 Å². The fraction of sp³-hybridized carbons (Fsp3) is 0.500. The molecule has 2 heterocycles. The number of fused-ring (bicyclic) bond motifs is 2. The van der Waals surface area contributed by atoms with Crippen LogP contribution in [0.5, 0.6) is 5.75 Å². The summed E-state index contributed by atoms with van der Waals surface area (Å²) >= 11 is 0. The Balaban J connectivity index is 1.95. The molecule has 1 aromatic carbocycles. The molecule has 6 nitrogen and oxygen atoms in total. The summed E-state index contributed by atoms with van der Waals surface area (Å²) in [6.07, 6.45) is 1.78. The Morgan fingerprint density at radius 2 is 1.86 bits per heavy atom. The number of methoxy groups -OCH3 is 1. The third kappa shape index (κ3) is 2.51. The molecule has 0 aliphatic carbocycles. The van der Waals surface area contributed by atoms with Crippen LogP contribution in [0.25, 0.3) is 0 Å². The summed E-state index contributed by atoms with van der Waals surface area (Å²) in [6.45, 7) is 0.394. The average molecular weight is 310 g/mol. The zero-order valence-corrected chi connectivity index (χ0v) is 12.6. The molecule has 0 radical (unpaired) electrons. The van der Waals surface area contributed by atoms with E-state index in [9.17, 15) is 13.2 Å². The Morgan fingerprint density at radius 3 is 2.52 bits per heavy atom. The molecule has 114 valence electrons. The Labute approximate surface area is 124 Å². The molecule has 2 atom stereocenters.